The Balaban J connectivity index is 0.00000225. The molecule has 0 saturated carbocycles. The molecule has 2 aliphatic rings. The van der Waals surface area contributed by atoms with Gasteiger partial charge in [0, 0.05) is 18.2 Å². The van der Waals surface area contributed by atoms with E-state index in [2.05, 4.69) is 10.6 Å². The predicted molar refractivity (Wildman–Crippen MR) is 103 cm³/mol. The van der Waals surface area contributed by atoms with E-state index in [9.17, 15) is 4.79 Å². The Hall–Kier alpha value is -1.08. The number of rotatable bonds is 3. The Kier molecular flexibility index (Phi) is 6.20. The molecule has 1 amide bonds. The summed E-state index contributed by atoms with van der Waals surface area (Å²) in [7, 11) is -0.445. The number of carbonyl (C=O) groups excluding carboxylic acids is 1. The van der Waals surface area contributed by atoms with E-state index in [-0.39, 0.29) is 35.6 Å². The largest absolute Gasteiger partial charge is 0.494 e. The Labute approximate surface area is 156 Å². The van der Waals surface area contributed by atoms with Crippen LogP contribution in [-0.4, -0.2) is 43.4 Å². The second kappa shape index (κ2) is 7.66. The van der Waals surface area contributed by atoms with E-state index in [1.165, 1.54) is 0 Å². The summed E-state index contributed by atoms with van der Waals surface area (Å²) in [5, 5.41) is 6.41. The SMILES string of the molecule is CC1(C)OB(c2cccc(C(=O)N[C@@H]3CCCNC3)c2)OC1(C)C.Cl. The number of nitrogens with one attached hydrogen (secondary N) is 2. The molecule has 1 aromatic rings. The average Bonchev–Trinajstić information content (AvgIpc) is 2.76. The lowest BCUT2D eigenvalue weighted by atomic mass is 9.78. The fraction of sp³-hybridized carbons (Fsp3) is 0.611. The highest BCUT2D eigenvalue weighted by molar-refractivity contribution is 6.62. The molecule has 2 saturated heterocycles. The first-order chi connectivity index (χ1) is 11.3. The summed E-state index contributed by atoms with van der Waals surface area (Å²) in [6.45, 7) is 9.98. The summed E-state index contributed by atoms with van der Waals surface area (Å²) >= 11 is 0. The van der Waals surface area contributed by atoms with Crippen LogP contribution in [0.1, 0.15) is 50.9 Å². The number of piperidine rings is 1. The van der Waals surface area contributed by atoms with E-state index in [0.29, 0.717) is 5.56 Å². The van der Waals surface area contributed by atoms with Crippen LogP contribution < -0.4 is 16.1 Å². The van der Waals surface area contributed by atoms with E-state index < -0.39 is 7.12 Å². The molecule has 2 N–H and O–H groups in total. The van der Waals surface area contributed by atoms with Gasteiger partial charge in [0.1, 0.15) is 0 Å². The summed E-state index contributed by atoms with van der Waals surface area (Å²) < 4.78 is 12.1. The summed E-state index contributed by atoms with van der Waals surface area (Å²) in [4.78, 5) is 12.5. The Morgan fingerprint density at radius 3 is 2.52 bits per heavy atom. The van der Waals surface area contributed by atoms with Gasteiger partial charge in [0.15, 0.2) is 0 Å². The minimum Gasteiger partial charge on any atom is -0.399 e. The number of amides is 1. The Morgan fingerprint density at radius 2 is 1.92 bits per heavy atom. The molecule has 25 heavy (non-hydrogen) atoms. The molecule has 0 spiro atoms. The van der Waals surface area contributed by atoms with Crippen LogP contribution in [0.25, 0.3) is 0 Å². The maximum atomic E-state index is 12.5. The molecular formula is C18H28BClN2O3. The third-order valence-electron chi connectivity index (χ3n) is 5.31. The lowest BCUT2D eigenvalue weighted by Gasteiger charge is -2.32. The molecule has 1 atom stereocenters. The van der Waals surface area contributed by atoms with Gasteiger partial charge in [-0.2, -0.15) is 0 Å². The number of hydrogen-bond donors (Lipinski definition) is 2. The Bertz CT molecular complexity index is 602. The third kappa shape index (κ3) is 4.37. The molecule has 2 heterocycles. The van der Waals surface area contributed by atoms with Gasteiger partial charge in [-0.15, -0.1) is 12.4 Å². The van der Waals surface area contributed by atoms with Gasteiger partial charge in [0.2, 0.25) is 0 Å². The van der Waals surface area contributed by atoms with Crippen LogP contribution in [-0.2, 0) is 9.31 Å². The van der Waals surface area contributed by atoms with Gasteiger partial charge in [0.25, 0.3) is 5.91 Å². The molecule has 7 heteroatoms. The van der Waals surface area contributed by atoms with Crippen LogP contribution in [0.15, 0.2) is 24.3 Å². The minimum absolute atomic E-state index is 0. The quantitative estimate of drug-likeness (QED) is 0.802. The second-order valence-electron chi connectivity index (χ2n) is 7.73. The predicted octanol–water partition coefficient (Wildman–Crippen LogP) is 1.89. The zero-order chi connectivity index (χ0) is 17.4. The van der Waals surface area contributed by atoms with E-state index in [1.54, 1.807) is 0 Å². The van der Waals surface area contributed by atoms with Crippen molar-refractivity contribution in [3.63, 3.8) is 0 Å². The van der Waals surface area contributed by atoms with Crippen molar-refractivity contribution < 1.29 is 14.1 Å². The molecular weight excluding hydrogens is 338 g/mol. The van der Waals surface area contributed by atoms with E-state index in [4.69, 9.17) is 9.31 Å². The van der Waals surface area contributed by atoms with E-state index in [0.717, 1.165) is 31.4 Å². The maximum Gasteiger partial charge on any atom is 0.494 e. The summed E-state index contributed by atoms with van der Waals surface area (Å²) in [5.41, 5.74) is 0.753. The lowest BCUT2D eigenvalue weighted by Crippen LogP contribution is -2.45. The topological polar surface area (TPSA) is 59.6 Å². The maximum absolute atomic E-state index is 12.5. The van der Waals surface area contributed by atoms with Crippen molar-refractivity contribution in [1.82, 2.24) is 10.6 Å². The number of halogens is 1. The zero-order valence-corrected chi connectivity index (χ0v) is 16.2. The van der Waals surface area contributed by atoms with Crippen molar-refractivity contribution in [2.24, 2.45) is 0 Å². The Morgan fingerprint density at radius 1 is 1.24 bits per heavy atom. The van der Waals surface area contributed by atoms with Crippen LogP contribution in [0, 0.1) is 0 Å². The van der Waals surface area contributed by atoms with E-state index in [1.807, 2.05) is 52.0 Å². The zero-order valence-electron chi connectivity index (χ0n) is 15.4. The second-order valence-corrected chi connectivity index (χ2v) is 7.73. The highest BCUT2D eigenvalue weighted by Crippen LogP contribution is 2.36. The summed E-state index contributed by atoms with van der Waals surface area (Å²) in [6.07, 6.45) is 2.12. The fourth-order valence-corrected chi connectivity index (χ4v) is 3.05. The van der Waals surface area contributed by atoms with Gasteiger partial charge in [-0.1, -0.05) is 12.1 Å². The highest BCUT2D eigenvalue weighted by Gasteiger charge is 2.51. The van der Waals surface area contributed by atoms with Gasteiger partial charge in [-0.05, 0) is 64.7 Å². The van der Waals surface area contributed by atoms with Crippen LogP contribution in [0.5, 0.6) is 0 Å². The molecule has 5 nitrogen and oxygen atoms in total. The van der Waals surface area contributed by atoms with Crippen molar-refractivity contribution in [2.45, 2.75) is 57.8 Å². The smallest absolute Gasteiger partial charge is 0.399 e. The number of hydrogen-bond acceptors (Lipinski definition) is 4. The highest BCUT2D eigenvalue weighted by atomic mass is 35.5. The average molecular weight is 367 g/mol. The number of carbonyl (C=O) groups is 1. The fourth-order valence-electron chi connectivity index (χ4n) is 3.05. The van der Waals surface area contributed by atoms with Crippen LogP contribution in [0.4, 0.5) is 0 Å². The van der Waals surface area contributed by atoms with Gasteiger partial charge in [-0.3, -0.25) is 4.79 Å². The molecule has 2 fully saturated rings. The molecule has 0 aromatic heterocycles. The first kappa shape index (κ1) is 20.2. The van der Waals surface area contributed by atoms with Crippen molar-refractivity contribution in [3.05, 3.63) is 29.8 Å². The van der Waals surface area contributed by atoms with Crippen LogP contribution in [0.3, 0.4) is 0 Å². The standard InChI is InChI=1S/C18H27BN2O3.ClH/c1-17(2)18(3,4)24-19(23-17)14-8-5-7-13(11-14)16(22)21-15-9-6-10-20-12-15;/h5,7-8,11,15,20H,6,9-10,12H2,1-4H3,(H,21,22);1H/t15-;/m1./s1. The lowest BCUT2D eigenvalue weighted by molar-refractivity contribution is 0.00578. The molecule has 0 unspecified atom stereocenters. The monoisotopic (exact) mass is 366 g/mol. The van der Waals surface area contributed by atoms with Gasteiger partial charge < -0.3 is 19.9 Å². The van der Waals surface area contributed by atoms with E-state index >= 15 is 0 Å². The van der Waals surface area contributed by atoms with Crippen molar-refractivity contribution >= 4 is 30.9 Å². The van der Waals surface area contributed by atoms with Crippen LogP contribution in [0.2, 0.25) is 0 Å². The molecule has 1 aromatic carbocycles. The molecule has 2 aliphatic heterocycles. The van der Waals surface area contributed by atoms with Crippen molar-refractivity contribution in [1.29, 1.82) is 0 Å². The summed E-state index contributed by atoms with van der Waals surface area (Å²) in [6, 6.07) is 7.73. The number of benzene rings is 1. The molecule has 0 radical (unpaired) electrons. The summed E-state index contributed by atoms with van der Waals surface area (Å²) in [5.74, 6) is -0.0398. The minimum atomic E-state index is -0.445. The molecule has 3 rings (SSSR count). The first-order valence-corrected chi connectivity index (χ1v) is 8.76. The van der Waals surface area contributed by atoms with Crippen molar-refractivity contribution in [3.8, 4) is 0 Å². The van der Waals surface area contributed by atoms with Crippen molar-refractivity contribution in [2.75, 3.05) is 13.1 Å². The third-order valence-corrected chi connectivity index (χ3v) is 5.31. The molecule has 0 bridgehead atoms. The van der Waals surface area contributed by atoms with Gasteiger partial charge in [0.05, 0.1) is 11.2 Å². The normalized spacial score (nSPS) is 24.5. The molecule has 138 valence electrons. The molecule has 0 aliphatic carbocycles. The van der Waals surface area contributed by atoms with Gasteiger partial charge in [-0.25, -0.2) is 0 Å². The van der Waals surface area contributed by atoms with Gasteiger partial charge >= 0.3 is 7.12 Å². The first-order valence-electron chi connectivity index (χ1n) is 8.76. The van der Waals surface area contributed by atoms with Crippen LogP contribution >= 0.6 is 12.4 Å².